The third kappa shape index (κ3) is 4.00. The van der Waals surface area contributed by atoms with Gasteiger partial charge in [0.1, 0.15) is 5.82 Å². The van der Waals surface area contributed by atoms with Gasteiger partial charge in [0.15, 0.2) is 11.5 Å². The van der Waals surface area contributed by atoms with Crippen LogP contribution < -0.4 is 5.73 Å². The first-order valence-electron chi connectivity index (χ1n) is 11.8. The summed E-state index contributed by atoms with van der Waals surface area (Å²) in [6.07, 6.45) is 6.80. The van der Waals surface area contributed by atoms with E-state index in [2.05, 4.69) is 26.1 Å². The highest BCUT2D eigenvalue weighted by atomic mass is 19.1. The summed E-state index contributed by atoms with van der Waals surface area (Å²) in [6, 6.07) is 21.7. The second-order valence-corrected chi connectivity index (χ2v) is 8.53. The second-order valence-electron chi connectivity index (χ2n) is 8.53. The number of aromatic nitrogens is 6. The molecule has 0 unspecified atom stereocenters. The zero-order valence-corrected chi connectivity index (χ0v) is 20.0. The zero-order chi connectivity index (χ0) is 26.1. The van der Waals surface area contributed by atoms with Crippen molar-refractivity contribution in [3.05, 3.63) is 114 Å². The number of halogens is 1. The third-order valence-electron chi connectivity index (χ3n) is 6.27. The molecular weight excluding hydrogens is 479 g/mol. The molecule has 6 aromatic rings. The van der Waals surface area contributed by atoms with E-state index in [9.17, 15) is 5.26 Å². The molecule has 0 saturated carbocycles. The van der Waals surface area contributed by atoms with E-state index in [0.29, 0.717) is 39.4 Å². The van der Waals surface area contributed by atoms with E-state index in [-0.39, 0.29) is 18.2 Å². The van der Waals surface area contributed by atoms with Gasteiger partial charge < -0.3 is 5.73 Å². The van der Waals surface area contributed by atoms with Gasteiger partial charge in [0, 0.05) is 42.3 Å². The van der Waals surface area contributed by atoms with Gasteiger partial charge in [0.2, 0.25) is 5.95 Å². The van der Waals surface area contributed by atoms with Crippen LogP contribution in [-0.4, -0.2) is 29.5 Å². The highest BCUT2D eigenvalue weighted by Gasteiger charge is 2.22. The fourth-order valence-corrected chi connectivity index (χ4v) is 4.54. The number of fused-ring (bicyclic) bond motifs is 1. The van der Waals surface area contributed by atoms with Gasteiger partial charge in [0.05, 0.1) is 22.9 Å². The van der Waals surface area contributed by atoms with Crippen molar-refractivity contribution in [1.29, 1.82) is 5.26 Å². The maximum absolute atomic E-state index is 15.1. The van der Waals surface area contributed by atoms with Gasteiger partial charge in [-0.3, -0.25) is 9.97 Å². The molecule has 0 saturated heterocycles. The van der Waals surface area contributed by atoms with Crippen molar-refractivity contribution in [1.82, 2.24) is 29.5 Å². The summed E-state index contributed by atoms with van der Waals surface area (Å²) in [7, 11) is 0. The Hall–Kier alpha value is -5.49. The minimum atomic E-state index is -0.359. The van der Waals surface area contributed by atoms with Gasteiger partial charge >= 0.3 is 0 Å². The number of nitrogens with zero attached hydrogens (tertiary/aromatic N) is 7. The molecule has 0 amide bonds. The minimum absolute atomic E-state index is 0.0992. The Morgan fingerprint density at radius 3 is 2.24 bits per heavy atom. The van der Waals surface area contributed by atoms with Gasteiger partial charge in [-0.25, -0.2) is 14.4 Å². The van der Waals surface area contributed by atoms with E-state index >= 15 is 4.39 Å². The molecule has 4 aromatic heterocycles. The number of benzene rings is 2. The van der Waals surface area contributed by atoms with Crippen LogP contribution in [0, 0.1) is 17.1 Å². The number of anilines is 1. The maximum atomic E-state index is 15.1. The molecule has 0 spiro atoms. The van der Waals surface area contributed by atoms with Crippen molar-refractivity contribution in [2.45, 2.75) is 6.42 Å². The Bertz CT molecular complexity index is 1830. The molecule has 8 nitrogen and oxygen atoms in total. The lowest BCUT2D eigenvalue weighted by Crippen LogP contribution is -2.06. The van der Waals surface area contributed by atoms with E-state index in [0.717, 1.165) is 16.7 Å². The summed E-state index contributed by atoms with van der Waals surface area (Å²) >= 11 is 0. The van der Waals surface area contributed by atoms with Crippen LogP contribution in [0.15, 0.2) is 91.5 Å². The van der Waals surface area contributed by atoms with Crippen LogP contribution in [0.3, 0.4) is 0 Å². The van der Waals surface area contributed by atoms with Crippen molar-refractivity contribution >= 4 is 11.6 Å². The van der Waals surface area contributed by atoms with Crippen LogP contribution in [0.2, 0.25) is 0 Å². The van der Waals surface area contributed by atoms with Crippen LogP contribution in [-0.2, 0) is 6.42 Å². The quantitative estimate of drug-likeness (QED) is 0.351. The number of hydrogen-bond donors (Lipinski definition) is 1. The van der Waals surface area contributed by atoms with E-state index in [1.54, 1.807) is 43.0 Å². The number of nitriles is 1. The van der Waals surface area contributed by atoms with Crippen LogP contribution in [0.5, 0.6) is 0 Å². The van der Waals surface area contributed by atoms with Crippen molar-refractivity contribution in [2.24, 2.45) is 0 Å². The fourth-order valence-electron chi connectivity index (χ4n) is 4.54. The molecule has 0 bridgehead atoms. The molecule has 2 aromatic carbocycles. The first kappa shape index (κ1) is 22.9. The highest BCUT2D eigenvalue weighted by molar-refractivity contribution is 5.92. The van der Waals surface area contributed by atoms with E-state index in [1.165, 1.54) is 10.6 Å². The molecule has 0 atom stereocenters. The molecule has 4 heterocycles. The Morgan fingerprint density at radius 1 is 0.816 bits per heavy atom. The summed E-state index contributed by atoms with van der Waals surface area (Å²) < 4.78 is 16.6. The van der Waals surface area contributed by atoms with Crippen molar-refractivity contribution in [3.8, 4) is 39.6 Å². The van der Waals surface area contributed by atoms with Crippen molar-refractivity contribution < 1.29 is 4.39 Å². The third-order valence-corrected chi connectivity index (χ3v) is 6.27. The summed E-state index contributed by atoms with van der Waals surface area (Å²) in [6.45, 7) is 0. The van der Waals surface area contributed by atoms with Gasteiger partial charge in [-0.05, 0) is 53.1 Å². The van der Waals surface area contributed by atoms with E-state index < -0.39 is 0 Å². The van der Waals surface area contributed by atoms with Gasteiger partial charge in [-0.2, -0.15) is 9.78 Å². The molecule has 182 valence electrons. The first-order chi connectivity index (χ1) is 18.6. The Kier molecular flexibility index (Phi) is 5.75. The molecule has 2 N–H and O–H groups in total. The largest absolute Gasteiger partial charge is 0.368 e. The van der Waals surface area contributed by atoms with Gasteiger partial charge in [0.25, 0.3) is 0 Å². The molecule has 0 fully saturated rings. The van der Waals surface area contributed by atoms with Gasteiger partial charge in [-0.1, -0.05) is 30.3 Å². The second kappa shape index (κ2) is 9.52. The van der Waals surface area contributed by atoms with Crippen molar-refractivity contribution in [3.63, 3.8) is 0 Å². The number of nitrogens with two attached hydrogens (primary N) is 1. The average Bonchev–Trinajstić information content (AvgIpc) is 3.39. The Morgan fingerprint density at radius 2 is 1.50 bits per heavy atom. The number of pyridine rings is 2. The lowest BCUT2D eigenvalue weighted by molar-refractivity contribution is 0.613. The van der Waals surface area contributed by atoms with Gasteiger partial charge in [-0.15, -0.1) is 5.10 Å². The predicted molar refractivity (Wildman–Crippen MR) is 141 cm³/mol. The standard InChI is InChI=1S/C29H19FN8/c30-24-7-3-6-21(18-8-12-33-13-9-18)23(24)16-25-35-28-26(19-10-14-34-15-11-19)27(36-29(32)38(28)37-25)22-5-2-1-4-20(22)17-31/h1-15H,16H2,(H2,32,36). The summed E-state index contributed by atoms with van der Waals surface area (Å²) in [4.78, 5) is 17.6. The predicted octanol–water partition coefficient (Wildman–Crippen LogP) is 5.10. The normalized spacial score (nSPS) is 10.9. The maximum Gasteiger partial charge on any atom is 0.223 e. The summed E-state index contributed by atoms with van der Waals surface area (Å²) in [5.74, 6) is 0.115. The zero-order valence-electron chi connectivity index (χ0n) is 20.0. The molecular formula is C29H19FN8. The molecule has 9 heteroatoms. The summed E-state index contributed by atoms with van der Waals surface area (Å²) in [5, 5.41) is 14.4. The fraction of sp³-hybridized carbons (Fsp3) is 0.0345. The Balaban J connectivity index is 1.57. The van der Waals surface area contributed by atoms with Crippen LogP contribution >= 0.6 is 0 Å². The topological polar surface area (TPSA) is 119 Å². The SMILES string of the molecule is N#Cc1ccccc1-c1nc(N)n2nc(Cc3c(F)cccc3-c3ccncc3)nc2c1-c1ccncc1. The molecule has 0 aliphatic carbocycles. The number of hydrogen-bond acceptors (Lipinski definition) is 7. The van der Waals surface area contributed by atoms with Crippen LogP contribution in [0.25, 0.3) is 39.2 Å². The van der Waals surface area contributed by atoms with Crippen molar-refractivity contribution in [2.75, 3.05) is 5.73 Å². The lowest BCUT2D eigenvalue weighted by Gasteiger charge is -2.12. The number of rotatable bonds is 5. The summed E-state index contributed by atoms with van der Waals surface area (Å²) in [5.41, 5.74) is 11.8. The van der Waals surface area contributed by atoms with Crippen LogP contribution in [0.4, 0.5) is 10.3 Å². The van der Waals surface area contributed by atoms with E-state index in [4.69, 9.17) is 10.7 Å². The Labute approximate surface area is 216 Å². The van der Waals surface area contributed by atoms with E-state index in [1.807, 2.05) is 42.5 Å². The minimum Gasteiger partial charge on any atom is -0.368 e. The monoisotopic (exact) mass is 498 g/mol. The number of nitrogen functional groups attached to an aromatic ring is 1. The molecule has 0 radical (unpaired) electrons. The molecule has 0 aliphatic rings. The average molecular weight is 499 g/mol. The van der Waals surface area contributed by atoms with Crippen LogP contribution in [0.1, 0.15) is 17.0 Å². The molecule has 6 rings (SSSR count). The first-order valence-corrected chi connectivity index (χ1v) is 11.8. The highest BCUT2D eigenvalue weighted by Crippen LogP contribution is 2.36. The lowest BCUT2D eigenvalue weighted by atomic mass is 9.97. The smallest absolute Gasteiger partial charge is 0.223 e. The molecule has 0 aliphatic heterocycles. The molecule has 38 heavy (non-hydrogen) atoms.